The van der Waals surface area contributed by atoms with E-state index in [-0.39, 0.29) is 23.9 Å². The molecule has 2 unspecified atom stereocenters. The van der Waals surface area contributed by atoms with E-state index in [0.29, 0.717) is 45.6 Å². The van der Waals surface area contributed by atoms with Crippen molar-refractivity contribution in [1.82, 2.24) is 14.7 Å². The molecule has 0 saturated carbocycles. The van der Waals surface area contributed by atoms with Crippen molar-refractivity contribution in [2.24, 2.45) is 5.92 Å². The fourth-order valence-corrected chi connectivity index (χ4v) is 3.07. The third kappa shape index (κ3) is 3.46. The van der Waals surface area contributed by atoms with Crippen LogP contribution in [0.5, 0.6) is 0 Å². The Kier molecular flexibility index (Phi) is 4.69. The first-order chi connectivity index (χ1) is 9.90. The van der Waals surface area contributed by atoms with Gasteiger partial charge < -0.3 is 19.8 Å². The molecule has 2 atom stereocenters. The van der Waals surface area contributed by atoms with Gasteiger partial charge in [-0.1, -0.05) is 0 Å². The molecule has 2 rings (SSSR count). The van der Waals surface area contributed by atoms with E-state index in [1.165, 1.54) is 6.92 Å². The lowest BCUT2D eigenvalue weighted by Gasteiger charge is -2.42. The summed E-state index contributed by atoms with van der Waals surface area (Å²) >= 11 is 0. The minimum absolute atomic E-state index is 0.0328. The summed E-state index contributed by atoms with van der Waals surface area (Å²) in [5.41, 5.74) is 0. The van der Waals surface area contributed by atoms with E-state index in [1.807, 2.05) is 6.92 Å². The maximum Gasteiger partial charge on any atom is 0.320 e. The molecule has 2 aliphatic rings. The van der Waals surface area contributed by atoms with E-state index in [4.69, 9.17) is 5.11 Å². The van der Waals surface area contributed by atoms with Crippen molar-refractivity contribution in [3.8, 4) is 0 Å². The number of carboxylic acids is 1. The monoisotopic (exact) mass is 297 g/mol. The number of piperazine rings is 1. The number of rotatable bonds is 1. The van der Waals surface area contributed by atoms with Gasteiger partial charge in [0, 0.05) is 45.7 Å². The number of likely N-dealkylation sites (tertiary alicyclic amines) is 1. The molecule has 0 radical (unpaired) electrons. The van der Waals surface area contributed by atoms with Gasteiger partial charge in [0.25, 0.3) is 0 Å². The number of urea groups is 1. The zero-order valence-corrected chi connectivity index (χ0v) is 12.6. The molecule has 7 heteroatoms. The number of hydrogen-bond acceptors (Lipinski definition) is 3. The van der Waals surface area contributed by atoms with Crippen molar-refractivity contribution in [2.75, 3.05) is 32.7 Å². The number of carboxylic acid groups (broad SMARTS) is 1. The van der Waals surface area contributed by atoms with Crippen LogP contribution in [0.2, 0.25) is 0 Å². The molecule has 2 aliphatic heterocycles. The van der Waals surface area contributed by atoms with Gasteiger partial charge in [0.05, 0.1) is 5.92 Å². The highest BCUT2D eigenvalue weighted by atomic mass is 16.4. The highest BCUT2D eigenvalue weighted by Crippen LogP contribution is 2.24. The molecule has 0 aliphatic carbocycles. The Hall–Kier alpha value is -1.79. The summed E-state index contributed by atoms with van der Waals surface area (Å²) in [4.78, 5) is 40.1. The Morgan fingerprint density at radius 1 is 1.00 bits per heavy atom. The molecule has 2 heterocycles. The number of carbonyl (C=O) groups is 3. The maximum absolute atomic E-state index is 12.5. The van der Waals surface area contributed by atoms with Crippen molar-refractivity contribution in [1.29, 1.82) is 0 Å². The fourth-order valence-electron chi connectivity index (χ4n) is 3.07. The zero-order chi connectivity index (χ0) is 15.6. The summed E-state index contributed by atoms with van der Waals surface area (Å²) in [6.45, 7) is 6.16. The standard InChI is InChI=1S/C14H23N3O4/c1-10-9-12(13(19)20)3-4-17(10)14(21)16-7-5-15(6-8-16)11(2)18/h10,12H,3-9H2,1-2H3,(H,19,20). The van der Waals surface area contributed by atoms with Crippen LogP contribution in [0.1, 0.15) is 26.7 Å². The minimum atomic E-state index is -0.774. The first kappa shape index (κ1) is 15.6. The highest BCUT2D eigenvalue weighted by Gasteiger charge is 2.35. The molecule has 0 bridgehead atoms. The largest absolute Gasteiger partial charge is 0.481 e. The second kappa shape index (κ2) is 6.32. The summed E-state index contributed by atoms with van der Waals surface area (Å²) < 4.78 is 0. The number of hydrogen-bond donors (Lipinski definition) is 1. The molecule has 3 amide bonds. The van der Waals surface area contributed by atoms with E-state index in [9.17, 15) is 14.4 Å². The Labute approximate surface area is 124 Å². The lowest BCUT2D eigenvalue weighted by molar-refractivity contribution is -0.143. The second-order valence-electron chi connectivity index (χ2n) is 5.88. The molecule has 1 N–H and O–H groups in total. The first-order valence-corrected chi connectivity index (χ1v) is 7.44. The van der Waals surface area contributed by atoms with Gasteiger partial charge in [0.2, 0.25) is 5.91 Å². The van der Waals surface area contributed by atoms with Gasteiger partial charge >= 0.3 is 12.0 Å². The predicted octanol–water partition coefficient (Wildman–Crippen LogP) is 0.456. The van der Waals surface area contributed by atoms with E-state index in [0.717, 1.165) is 0 Å². The lowest BCUT2D eigenvalue weighted by atomic mass is 9.92. The van der Waals surface area contributed by atoms with Crippen LogP contribution >= 0.6 is 0 Å². The van der Waals surface area contributed by atoms with Crippen LogP contribution in [0.25, 0.3) is 0 Å². The van der Waals surface area contributed by atoms with Gasteiger partial charge in [-0.25, -0.2) is 4.79 Å². The van der Waals surface area contributed by atoms with Crippen molar-refractivity contribution in [3.05, 3.63) is 0 Å². The molecule has 0 aromatic carbocycles. The van der Waals surface area contributed by atoms with Crippen LogP contribution in [0, 0.1) is 5.92 Å². The molecule has 0 spiro atoms. The number of nitrogens with zero attached hydrogens (tertiary/aromatic N) is 3. The number of carbonyl (C=O) groups excluding carboxylic acids is 2. The SMILES string of the molecule is CC(=O)N1CCN(C(=O)N2CCC(C(=O)O)CC2C)CC1. The van der Waals surface area contributed by atoms with Gasteiger partial charge in [-0.3, -0.25) is 9.59 Å². The van der Waals surface area contributed by atoms with Crippen molar-refractivity contribution in [3.63, 3.8) is 0 Å². The van der Waals surface area contributed by atoms with Crippen molar-refractivity contribution in [2.45, 2.75) is 32.7 Å². The molecule has 2 fully saturated rings. The summed E-state index contributed by atoms with van der Waals surface area (Å²) in [5, 5.41) is 9.06. The summed E-state index contributed by atoms with van der Waals surface area (Å²) in [6.07, 6.45) is 1.02. The third-order valence-electron chi connectivity index (χ3n) is 4.47. The number of amides is 3. The molecule has 0 aromatic heterocycles. The molecule has 118 valence electrons. The van der Waals surface area contributed by atoms with Crippen molar-refractivity contribution < 1.29 is 19.5 Å². The molecule has 7 nitrogen and oxygen atoms in total. The van der Waals surface area contributed by atoms with Crippen LogP contribution in [-0.4, -0.2) is 76.5 Å². The van der Waals surface area contributed by atoms with E-state index in [2.05, 4.69) is 0 Å². The Morgan fingerprint density at radius 2 is 1.57 bits per heavy atom. The van der Waals surface area contributed by atoms with Gasteiger partial charge in [-0.15, -0.1) is 0 Å². The molecule has 2 saturated heterocycles. The summed E-state index contributed by atoms with van der Waals surface area (Å²) in [5.74, 6) is -1.08. The van der Waals surface area contributed by atoms with E-state index < -0.39 is 5.97 Å². The normalized spacial score (nSPS) is 26.7. The van der Waals surface area contributed by atoms with Crippen molar-refractivity contribution >= 4 is 17.9 Å². The zero-order valence-electron chi connectivity index (χ0n) is 12.6. The van der Waals surface area contributed by atoms with Gasteiger partial charge in [0.1, 0.15) is 0 Å². The van der Waals surface area contributed by atoms with Crippen LogP contribution < -0.4 is 0 Å². The minimum Gasteiger partial charge on any atom is -0.481 e. The first-order valence-electron chi connectivity index (χ1n) is 7.44. The average Bonchev–Trinajstić information content (AvgIpc) is 2.46. The quantitative estimate of drug-likeness (QED) is 0.762. The van der Waals surface area contributed by atoms with Crippen LogP contribution in [0.4, 0.5) is 4.79 Å². The Morgan fingerprint density at radius 3 is 2.05 bits per heavy atom. The van der Waals surface area contributed by atoms with E-state index >= 15 is 0 Å². The lowest BCUT2D eigenvalue weighted by Crippen LogP contribution is -2.56. The smallest absolute Gasteiger partial charge is 0.320 e. The predicted molar refractivity (Wildman–Crippen MR) is 75.8 cm³/mol. The number of piperidine rings is 1. The highest BCUT2D eigenvalue weighted by molar-refractivity contribution is 5.77. The Bertz CT molecular complexity index is 432. The second-order valence-corrected chi connectivity index (χ2v) is 5.88. The molecular formula is C14H23N3O4. The summed E-state index contributed by atoms with van der Waals surface area (Å²) in [7, 11) is 0. The maximum atomic E-state index is 12.5. The van der Waals surface area contributed by atoms with Crippen LogP contribution in [0.15, 0.2) is 0 Å². The molecular weight excluding hydrogens is 274 g/mol. The van der Waals surface area contributed by atoms with Gasteiger partial charge in [-0.05, 0) is 19.8 Å². The summed E-state index contributed by atoms with van der Waals surface area (Å²) in [6, 6.07) is -0.0901. The van der Waals surface area contributed by atoms with Crippen LogP contribution in [0.3, 0.4) is 0 Å². The topological polar surface area (TPSA) is 81.2 Å². The third-order valence-corrected chi connectivity index (χ3v) is 4.47. The van der Waals surface area contributed by atoms with Gasteiger partial charge in [0.15, 0.2) is 0 Å². The van der Waals surface area contributed by atoms with E-state index in [1.54, 1.807) is 14.7 Å². The fraction of sp³-hybridized carbons (Fsp3) is 0.786. The number of aliphatic carboxylic acids is 1. The van der Waals surface area contributed by atoms with Crippen LogP contribution in [-0.2, 0) is 9.59 Å². The Balaban J connectivity index is 1.89. The average molecular weight is 297 g/mol. The molecule has 0 aromatic rings. The van der Waals surface area contributed by atoms with Gasteiger partial charge in [-0.2, -0.15) is 0 Å². The molecule has 21 heavy (non-hydrogen) atoms.